The zero-order valence-corrected chi connectivity index (χ0v) is 16.5. The van der Waals surface area contributed by atoms with Crippen LogP contribution < -0.4 is 69.6 Å². The third-order valence-electron chi connectivity index (χ3n) is 2.70. The van der Waals surface area contributed by atoms with Gasteiger partial charge in [-0.05, 0) is 12.8 Å². The molecule has 6 nitrogen and oxygen atoms in total. The van der Waals surface area contributed by atoms with E-state index in [1.54, 1.807) is 0 Å². The molecule has 0 amide bonds. The third kappa shape index (κ3) is 18.9. The molecule has 0 bridgehead atoms. The van der Waals surface area contributed by atoms with E-state index >= 15 is 0 Å². The summed E-state index contributed by atoms with van der Waals surface area (Å²) in [6, 6.07) is 0. The molecule has 0 radical (unpaired) electrons. The minimum absolute atomic E-state index is 0. The van der Waals surface area contributed by atoms with Crippen molar-refractivity contribution in [1.29, 1.82) is 0 Å². The van der Waals surface area contributed by atoms with Crippen molar-refractivity contribution in [1.82, 2.24) is 0 Å². The first kappa shape index (κ1) is 25.8. The zero-order valence-electron chi connectivity index (χ0n) is 12.5. The maximum Gasteiger partial charge on any atom is 1.00 e. The zero-order chi connectivity index (χ0) is 13.6. The van der Waals surface area contributed by atoms with E-state index in [-0.39, 0.29) is 72.0 Å². The van der Waals surface area contributed by atoms with Gasteiger partial charge in [-0.3, -0.25) is 9.59 Å². The molecule has 0 fully saturated rings. The van der Waals surface area contributed by atoms with Crippen molar-refractivity contribution in [3.05, 3.63) is 0 Å². The Morgan fingerprint density at radius 2 is 0.850 bits per heavy atom. The number of carbonyl (C=O) groups is 2. The van der Waals surface area contributed by atoms with E-state index in [9.17, 15) is 20.1 Å². The van der Waals surface area contributed by atoms with Gasteiger partial charge in [-0.2, -0.15) is 0 Å². The molecule has 20 heavy (non-hydrogen) atoms. The molecule has 0 saturated heterocycles. The second-order valence-corrected chi connectivity index (χ2v) is 4.24. The number of unbranched alkanes of at least 4 members (excludes halogenated alkanes) is 7. The van der Waals surface area contributed by atoms with E-state index in [1.165, 1.54) is 0 Å². The average molecular weight is 306 g/mol. The van der Waals surface area contributed by atoms with Gasteiger partial charge in [-0.1, -0.05) is 38.5 Å². The van der Waals surface area contributed by atoms with Crippen LogP contribution in [0.4, 0.5) is 0 Å². The maximum absolute atomic E-state index is 10.5. The molecule has 0 aliphatic carbocycles. The summed E-state index contributed by atoms with van der Waals surface area (Å²) >= 11 is 0. The van der Waals surface area contributed by atoms with E-state index in [0.29, 0.717) is 12.8 Å². The maximum atomic E-state index is 10.5. The van der Waals surface area contributed by atoms with Crippen LogP contribution in [0.5, 0.6) is 0 Å². The first-order valence-corrected chi connectivity index (χ1v) is 6.36. The molecule has 0 unspecified atom stereocenters. The molecule has 0 aromatic heterocycles. The van der Waals surface area contributed by atoms with Gasteiger partial charge < -0.3 is 20.3 Å². The molecule has 0 spiro atoms. The normalized spacial score (nSPS) is 9.10. The molecule has 0 rings (SSSR count). The topological polar surface area (TPSA) is 98.7 Å². The fourth-order valence-corrected chi connectivity index (χ4v) is 1.68. The van der Waals surface area contributed by atoms with Crippen molar-refractivity contribution in [2.75, 3.05) is 0 Å². The van der Waals surface area contributed by atoms with Crippen molar-refractivity contribution >= 4 is 11.9 Å². The molecule has 0 atom stereocenters. The molecule has 106 valence electrons. The Hall–Kier alpha value is 0.860. The fraction of sp³-hybridized carbons (Fsp3) is 0.833. The van der Waals surface area contributed by atoms with Crippen LogP contribution in [0, 0.1) is 0 Å². The van der Waals surface area contributed by atoms with Gasteiger partial charge in [0.15, 0.2) is 0 Å². The Morgan fingerprint density at radius 1 is 0.600 bits per heavy atom. The molecule has 0 aromatic rings. The SMILES string of the molecule is O=C(CCCCCCCCCCC(=O)O[O-])O[O-].[Na+].[Na+]. The molecule has 0 N–H and O–H groups in total. The Balaban J connectivity index is -0.00000144. The van der Waals surface area contributed by atoms with Crippen LogP contribution in [0.25, 0.3) is 0 Å². The van der Waals surface area contributed by atoms with E-state index in [0.717, 1.165) is 38.5 Å². The average Bonchev–Trinajstić information content (AvgIpc) is 2.40. The second kappa shape index (κ2) is 19.9. The van der Waals surface area contributed by atoms with Crippen molar-refractivity contribution in [2.24, 2.45) is 0 Å². The Kier molecular flexibility index (Phi) is 25.6. The van der Waals surface area contributed by atoms with E-state index in [1.807, 2.05) is 0 Å². The van der Waals surface area contributed by atoms with Crippen LogP contribution in [-0.4, -0.2) is 11.9 Å². The molecule has 0 aliphatic rings. The smallest absolute Gasteiger partial charge is 0.662 e. The molecule has 0 heterocycles. The van der Waals surface area contributed by atoms with Crippen LogP contribution in [0.2, 0.25) is 0 Å². The summed E-state index contributed by atoms with van der Waals surface area (Å²) in [4.78, 5) is 27.6. The van der Waals surface area contributed by atoms with E-state index in [4.69, 9.17) is 0 Å². The molecule has 0 aliphatic heterocycles. The van der Waals surface area contributed by atoms with E-state index < -0.39 is 11.9 Å². The quantitative estimate of drug-likeness (QED) is 0.163. The van der Waals surface area contributed by atoms with Crippen molar-refractivity contribution in [2.45, 2.75) is 64.2 Å². The molecular weight excluding hydrogens is 286 g/mol. The summed E-state index contributed by atoms with van der Waals surface area (Å²) in [5.74, 6) is -1.39. The number of carbonyl (C=O) groups excluding carboxylic acids is 2. The number of hydrogen-bond donors (Lipinski definition) is 0. The summed E-state index contributed by atoms with van der Waals surface area (Å²) < 4.78 is 0. The van der Waals surface area contributed by atoms with Crippen molar-refractivity contribution in [3.63, 3.8) is 0 Å². The first-order chi connectivity index (χ1) is 8.70. The first-order valence-electron chi connectivity index (χ1n) is 6.36. The number of rotatable bonds is 11. The Bertz CT molecular complexity index is 214. The van der Waals surface area contributed by atoms with E-state index in [2.05, 4.69) is 9.78 Å². The van der Waals surface area contributed by atoms with Crippen LogP contribution in [0.1, 0.15) is 64.2 Å². The van der Waals surface area contributed by atoms with Gasteiger partial charge in [0, 0.05) is 12.8 Å². The van der Waals surface area contributed by atoms with Gasteiger partial charge in [-0.15, -0.1) is 0 Å². The summed E-state index contributed by atoms with van der Waals surface area (Å²) in [5.41, 5.74) is 0. The van der Waals surface area contributed by atoms with Crippen molar-refractivity contribution in [3.8, 4) is 0 Å². The van der Waals surface area contributed by atoms with Crippen LogP contribution >= 0.6 is 0 Å². The van der Waals surface area contributed by atoms with Gasteiger partial charge in [0.05, 0.1) is 0 Å². The molecule has 8 heteroatoms. The molecule has 0 aromatic carbocycles. The third-order valence-corrected chi connectivity index (χ3v) is 2.70. The van der Waals surface area contributed by atoms with Crippen LogP contribution in [0.3, 0.4) is 0 Å². The molecular formula is C12H20Na2O6. The second-order valence-electron chi connectivity index (χ2n) is 4.24. The monoisotopic (exact) mass is 306 g/mol. The van der Waals surface area contributed by atoms with Gasteiger partial charge in [0.1, 0.15) is 0 Å². The van der Waals surface area contributed by atoms with Gasteiger partial charge in [0.2, 0.25) is 0 Å². The van der Waals surface area contributed by atoms with Gasteiger partial charge >= 0.3 is 59.1 Å². The largest absolute Gasteiger partial charge is 1.00 e. The molecule has 0 saturated carbocycles. The summed E-state index contributed by atoms with van der Waals surface area (Å²) in [6.07, 6.45) is 7.78. The van der Waals surface area contributed by atoms with Crippen LogP contribution in [0.15, 0.2) is 0 Å². The summed E-state index contributed by atoms with van der Waals surface area (Å²) in [5, 5.41) is 19.3. The van der Waals surface area contributed by atoms with Crippen molar-refractivity contribution < 1.29 is 89.0 Å². The minimum Gasteiger partial charge on any atom is -0.662 e. The summed E-state index contributed by atoms with van der Waals surface area (Å²) in [7, 11) is 0. The van der Waals surface area contributed by atoms with Gasteiger partial charge in [0.25, 0.3) is 11.9 Å². The predicted molar refractivity (Wildman–Crippen MR) is 58.4 cm³/mol. The summed E-state index contributed by atoms with van der Waals surface area (Å²) in [6.45, 7) is 0. The standard InChI is InChI=1S/C12H22O6.2Na/c13-11(17-15)9-7-5-3-1-2-4-6-8-10-12(14)18-16;;/h15-16H,1-10H2;;/q;2*+1/p-2. The van der Waals surface area contributed by atoms with Crippen LogP contribution in [-0.2, 0) is 19.4 Å². The Morgan fingerprint density at radius 3 is 1.10 bits per heavy atom. The fourth-order valence-electron chi connectivity index (χ4n) is 1.68. The minimum atomic E-state index is -0.694. The Labute approximate surface area is 164 Å². The number of hydrogen-bond acceptors (Lipinski definition) is 6. The predicted octanol–water partition coefficient (Wildman–Crippen LogP) is -5.47. The van der Waals surface area contributed by atoms with Gasteiger partial charge in [-0.25, -0.2) is 0 Å².